The molecule has 0 saturated carbocycles. The highest BCUT2D eigenvalue weighted by Gasteiger charge is 2.24. The Morgan fingerprint density at radius 1 is 0.957 bits per heavy atom. The highest BCUT2D eigenvalue weighted by atomic mass is 35.5. The number of ether oxygens (including phenoxy) is 1. The lowest BCUT2D eigenvalue weighted by Gasteiger charge is -2.35. The third-order valence-electron chi connectivity index (χ3n) is 4.33. The van der Waals surface area contributed by atoms with Gasteiger partial charge < -0.3 is 9.64 Å². The molecule has 1 fully saturated rings. The van der Waals surface area contributed by atoms with Gasteiger partial charge in [-0.2, -0.15) is 0 Å². The number of halogens is 1. The number of benzene rings is 2. The molecule has 5 heteroatoms. The first-order chi connectivity index (χ1) is 11.3. The molecule has 2 aromatic carbocycles. The quantitative estimate of drug-likeness (QED) is 0.824. The second-order valence-electron chi connectivity index (χ2n) is 5.79. The second kappa shape index (κ2) is 6.73. The van der Waals surface area contributed by atoms with Gasteiger partial charge in [0, 0.05) is 41.0 Å². The first-order valence-electron chi connectivity index (χ1n) is 7.95. The van der Waals surface area contributed by atoms with E-state index in [0.717, 1.165) is 44.4 Å². The van der Waals surface area contributed by atoms with Crippen LogP contribution in [0.5, 0.6) is 0 Å². The molecule has 4 rings (SSSR count). The standard InChI is InChI=1S/C18H19ClN2OS/c19-14-5-6-18-16(13-14)21(8-7-20-9-11-22-12-10-20)15-3-1-2-4-17(15)23-18/h1-6,13H,7-12H2. The Morgan fingerprint density at radius 2 is 1.74 bits per heavy atom. The lowest BCUT2D eigenvalue weighted by Crippen LogP contribution is -2.41. The minimum atomic E-state index is 0.792. The van der Waals surface area contributed by atoms with E-state index in [-0.39, 0.29) is 0 Å². The van der Waals surface area contributed by atoms with Crippen LogP contribution in [0.4, 0.5) is 11.4 Å². The van der Waals surface area contributed by atoms with E-state index in [1.54, 1.807) is 0 Å². The Hall–Kier alpha value is -1.20. The maximum atomic E-state index is 6.26. The first-order valence-corrected chi connectivity index (χ1v) is 9.15. The SMILES string of the molecule is Clc1ccc2c(c1)N(CCN1CCOCC1)c1ccccc1S2. The van der Waals surface area contributed by atoms with Crippen LogP contribution in [0.25, 0.3) is 0 Å². The van der Waals surface area contributed by atoms with Crippen LogP contribution >= 0.6 is 23.4 Å². The summed E-state index contributed by atoms with van der Waals surface area (Å²) >= 11 is 8.08. The van der Waals surface area contributed by atoms with E-state index in [1.165, 1.54) is 21.2 Å². The number of rotatable bonds is 3. The molecule has 2 aliphatic rings. The highest BCUT2D eigenvalue weighted by molar-refractivity contribution is 7.99. The predicted octanol–water partition coefficient (Wildman–Crippen LogP) is 4.27. The van der Waals surface area contributed by atoms with Crippen molar-refractivity contribution >= 4 is 34.7 Å². The van der Waals surface area contributed by atoms with Gasteiger partial charge in [0.05, 0.1) is 24.6 Å². The van der Waals surface area contributed by atoms with Crippen molar-refractivity contribution in [1.82, 2.24) is 4.90 Å². The van der Waals surface area contributed by atoms with Crippen LogP contribution in [0.1, 0.15) is 0 Å². The largest absolute Gasteiger partial charge is 0.379 e. The molecule has 0 amide bonds. The van der Waals surface area contributed by atoms with Crippen LogP contribution in [-0.4, -0.2) is 44.3 Å². The number of hydrogen-bond acceptors (Lipinski definition) is 4. The van der Waals surface area contributed by atoms with E-state index >= 15 is 0 Å². The maximum absolute atomic E-state index is 6.26. The van der Waals surface area contributed by atoms with Crippen LogP contribution in [0.3, 0.4) is 0 Å². The zero-order valence-electron chi connectivity index (χ0n) is 12.9. The Labute approximate surface area is 146 Å². The van der Waals surface area contributed by atoms with Crippen LogP contribution < -0.4 is 4.90 Å². The van der Waals surface area contributed by atoms with Gasteiger partial charge in [-0.25, -0.2) is 0 Å². The summed E-state index contributed by atoms with van der Waals surface area (Å²) < 4.78 is 5.44. The van der Waals surface area contributed by atoms with Gasteiger partial charge in [-0.1, -0.05) is 35.5 Å². The highest BCUT2D eigenvalue weighted by Crippen LogP contribution is 2.48. The van der Waals surface area contributed by atoms with E-state index in [0.29, 0.717) is 0 Å². The summed E-state index contributed by atoms with van der Waals surface area (Å²) in [6.45, 7) is 5.72. The molecule has 23 heavy (non-hydrogen) atoms. The molecule has 0 atom stereocenters. The van der Waals surface area contributed by atoms with E-state index in [9.17, 15) is 0 Å². The zero-order chi connectivity index (χ0) is 15.6. The lowest BCUT2D eigenvalue weighted by molar-refractivity contribution is 0.0394. The number of fused-ring (bicyclic) bond motifs is 2. The second-order valence-corrected chi connectivity index (χ2v) is 7.31. The summed E-state index contributed by atoms with van der Waals surface area (Å²) in [6, 6.07) is 14.8. The van der Waals surface area contributed by atoms with E-state index in [4.69, 9.17) is 16.3 Å². The monoisotopic (exact) mass is 346 g/mol. The van der Waals surface area contributed by atoms with Crippen LogP contribution in [-0.2, 0) is 4.74 Å². The summed E-state index contributed by atoms with van der Waals surface area (Å²) in [6.07, 6.45) is 0. The Bertz CT molecular complexity index is 703. The number of anilines is 2. The summed E-state index contributed by atoms with van der Waals surface area (Å²) in [5.41, 5.74) is 2.50. The van der Waals surface area contributed by atoms with Gasteiger partial charge in [-0.3, -0.25) is 4.90 Å². The van der Waals surface area contributed by atoms with Gasteiger partial charge in [-0.15, -0.1) is 0 Å². The van der Waals surface area contributed by atoms with E-state index in [1.807, 2.05) is 17.8 Å². The van der Waals surface area contributed by atoms with Gasteiger partial charge in [-0.05, 0) is 30.3 Å². The molecule has 0 spiro atoms. The first kappa shape index (κ1) is 15.3. The molecule has 3 nitrogen and oxygen atoms in total. The molecule has 0 unspecified atom stereocenters. The van der Waals surface area contributed by atoms with Crippen molar-refractivity contribution in [2.45, 2.75) is 9.79 Å². The summed E-state index contributed by atoms with van der Waals surface area (Å²) in [4.78, 5) is 7.46. The fourth-order valence-electron chi connectivity index (χ4n) is 3.11. The molecule has 0 bridgehead atoms. The number of nitrogens with zero attached hydrogens (tertiary/aromatic N) is 2. The molecule has 0 N–H and O–H groups in total. The molecule has 1 saturated heterocycles. The van der Waals surface area contributed by atoms with Gasteiger partial charge in [0.25, 0.3) is 0 Å². The van der Waals surface area contributed by atoms with Crippen LogP contribution in [0.2, 0.25) is 5.02 Å². The van der Waals surface area contributed by atoms with Crippen molar-refractivity contribution in [3.05, 3.63) is 47.5 Å². The van der Waals surface area contributed by atoms with Crippen molar-refractivity contribution in [1.29, 1.82) is 0 Å². The molecule has 2 heterocycles. The molecule has 0 aliphatic carbocycles. The van der Waals surface area contributed by atoms with Crippen LogP contribution in [0.15, 0.2) is 52.3 Å². The number of para-hydroxylation sites is 1. The third-order valence-corrected chi connectivity index (χ3v) is 5.70. The molecule has 2 aliphatic heterocycles. The van der Waals surface area contributed by atoms with Crippen molar-refractivity contribution < 1.29 is 4.74 Å². The van der Waals surface area contributed by atoms with E-state index in [2.05, 4.69) is 46.2 Å². The van der Waals surface area contributed by atoms with Gasteiger partial charge in [0.1, 0.15) is 0 Å². The summed E-state index contributed by atoms with van der Waals surface area (Å²) in [7, 11) is 0. The summed E-state index contributed by atoms with van der Waals surface area (Å²) in [5, 5.41) is 0.792. The van der Waals surface area contributed by atoms with Crippen molar-refractivity contribution in [2.24, 2.45) is 0 Å². The zero-order valence-corrected chi connectivity index (χ0v) is 14.4. The molecule has 120 valence electrons. The fourth-order valence-corrected chi connectivity index (χ4v) is 4.35. The van der Waals surface area contributed by atoms with Crippen molar-refractivity contribution in [3.8, 4) is 0 Å². The number of hydrogen-bond donors (Lipinski definition) is 0. The van der Waals surface area contributed by atoms with Gasteiger partial charge in [0.2, 0.25) is 0 Å². The fraction of sp³-hybridized carbons (Fsp3) is 0.333. The molecule has 0 radical (unpaired) electrons. The Kier molecular flexibility index (Phi) is 4.49. The third kappa shape index (κ3) is 3.22. The number of morpholine rings is 1. The maximum Gasteiger partial charge on any atom is 0.0594 e. The van der Waals surface area contributed by atoms with Crippen molar-refractivity contribution in [2.75, 3.05) is 44.3 Å². The molecule has 2 aromatic rings. The Balaban J connectivity index is 1.62. The average Bonchev–Trinajstić information content (AvgIpc) is 2.60. The average molecular weight is 347 g/mol. The smallest absolute Gasteiger partial charge is 0.0594 e. The molecule has 0 aromatic heterocycles. The summed E-state index contributed by atoms with van der Waals surface area (Å²) in [5.74, 6) is 0. The van der Waals surface area contributed by atoms with E-state index < -0.39 is 0 Å². The van der Waals surface area contributed by atoms with Crippen LogP contribution in [0, 0.1) is 0 Å². The topological polar surface area (TPSA) is 15.7 Å². The molecular formula is C18H19ClN2OS. The minimum absolute atomic E-state index is 0.792. The Morgan fingerprint density at radius 3 is 2.61 bits per heavy atom. The minimum Gasteiger partial charge on any atom is -0.379 e. The van der Waals surface area contributed by atoms with Gasteiger partial charge in [0.15, 0.2) is 0 Å². The van der Waals surface area contributed by atoms with Gasteiger partial charge >= 0.3 is 0 Å². The lowest BCUT2D eigenvalue weighted by atomic mass is 10.2. The normalized spacial score (nSPS) is 17.7. The molecular weight excluding hydrogens is 328 g/mol. The predicted molar refractivity (Wildman–Crippen MR) is 96.3 cm³/mol. The van der Waals surface area contributed by atoms with Crippen molar-refractivity contribution in [3.63, 3.8) is 0 Å².